The van der Waals surface area contributed by atoms with Gasteiger partial charge in [0.2, 0.25) is 0 Å². The van der Waals surface area contributed by atoms with E-state index in [4.69, 9.17) is 4.74 Å². The number of rotatable bonds is 2. The van der Waals surface area contributed by atoms with Crippen molar-refractivity contribution in [3.05, 3.63) is 152 Å². The molecule has 7 aromatic carbocycles. The highest BCUT2D eigenvalue weighted by atomic mass is 16.5. The highest BCUT2D eigenvalue weighted by Gasteiger charge is 2.41. The van der Waals surface area contributed by atoms with Gasteiger partial charge in [0.25, 0.3) is 6.71 Å². The van der Waals surface area contributed by atoms with E-state index < -0.39 is 0 Å². The highest BCUT2D eigenvalue weighted by molar-refractivity contribution is 6.99. The first-order valence-electron chi connectivity index (χ1n) is 15.9. The Morgan fingerprint density at radius 1 is 0.457 bits per heavy atom. The van der Waals surface area contributed by atoms with Crippen LogP contribution in [0, 0.1) is 0 Å². The van der Waals surface area contributed by atoms with Gasteiger partial charge in [0.1, 0.15) is 11.5 Å². The molecule has 4 heterocycles. The molecule has 212 valence electrons. The Morgan fingerprint density at radius 2 is 1.13 bits per heavy atom. The van der Waals surface area contributed by atoms with Crippen molar-refractivity contribution in [3.63, 3.8) is 0 Å². The second kappa shape index (κ2) is 8.80. The lowest BCUT2D eigenvalue weighted by Crippen LogP contribution is -2.58. The fourth-order valence-electron chi connectivity index (χ4n) is 8.32. The Hall–Kier alpha value is -6.00. The summed E-state index contributed by atoms with van der Waals surface area (Å²) < 4.78 is 11.5. The van der Waals surface area contributed by atoms with E-state index >= 15 is 0 Å². The molecule has 46 heavy (non-hydrogen) atoms. The standard InChI is InChI=1S/C42H25BN2O/c1-2-11-26(12-3-1)27-21-23-28(24-22-27)44-34-16-7-4-13-29(34)31-25-33-42-39(41(31)44)30-14-5-8-17-35(30)45(42)36-18-10-20-38-40(36)43(33)32-15-6-9-19-37(32)46-38/h1-25H. The molecule has 0 bridgehead atoms. The fraction of sp³-hybridized carbons (Fsp3) is 0. The quantitative estimate of drug-likeness (QED) is 0.187. The van der Waals surface area contributed by atoms with Gasteiger partial charge in [-0.3, -0.25) is 0 Å². The van der Waals surface area contributed by atoms with Crippen LogP contribution in [0.2, 0.25) is 0 Å². The fourth-order valence-corrected chi connectivity index (χ4v) is 8.32. The highest BCUT2D eigenvalue weighted by Crippen LogP contribution is 2.43. The third kappa shape index (κ3) is 3.03. The van der Waals surface area contributed by atoms with Gasteiger partial charge in [-0.15, -0.1) is 0 Å². The summed E-state index contributed by atoms with van der Waals surface area (Å²) in [6.45, 7) is 0.0760. The van der Waals surface area contributed by atoms with Crippen LogP contribution in [-0.4, -0.2) is 15.8 Å². The van der Waals surface area contributed by atoms with Crippen LogP contribution in [0.1, 0.15) is 0 Å². The summed E-state index contributed by atoms with van der Waals surface area (Å²) in [5.74, 6) is 1.88. The van der Waals surface area contributed by atoms with Crippen molar-refractivity contribution in [1.82, 2.24) is 9.13 Å². The summed E-state index contributed by atoms with van der Waals surface area (Å²) in [4.78, 5) is 0. The second-order valence-electron chi connectivity index (χ2n) is 12.5. The lowest BCUT2D eigenvalue weighted by Gasteiger charge is -2.33. The zero-order valence-corrected chi connectivity index (χ0v) is 24.8. The van der Waals surface area contributed by atoms with Crippen molar-refractivity contribution < 1.29 is 4.74 Å². The number of benzene rings is 7. The third-order valence-corrected chi connectivity index (χ3v) is 10.2. The van der Waals surface area contributed by atoms with Crippen LogP contribution in [0.4, 0.5) is 0 Å². The van der Waals surface area contributed by atoms with E-state index in [0.717, 1.165) is 17.2 Å². The molecule has 0 amide bonds. The average Bonchev–Trinajstić information content (AvgIpc) is 3.64. The topological polar surface area (TPSA) is 19.1 Å². The number of ether oxygens (including phenoxy) is 1. The minimum Gasteiger partial charge on any atom is -0.458 e. The zero-order chi connectivity index (χ0) is 29.9. The van der Waals surface area contributed by atoms with Gasteiger partial charge in [0.15, 0.2) is 0 Å². The van der Waals surface area contributed by atoms with E-state index in [1.807, 2.05) is 0 Å². The Labute approximate surface area is 265 Å². The van der Waals surface area contributed by atoms with Crippen LogP contribution < -0.4 is 21.1 Å². The maximum atomic E-state index is 6.57. The Morgan fingerprint density at radius 3 is 1.98 bits per heavy atom. The van der Waals surface area contributed by atoms with E-state index in [-0.39, 0.29) is 6.71 Å². The van der Waals surface area contributed by atoms with Gasteiger partial charge < -0.3 is 13.9 Å². The minimum absolute atomic E-state index is 0.0760. The second-order valence-corrected chi connectivity index (χ2v) is 12.5. The SMILES string of the molecule is c1ccc(-c2ccc(-n3c4ccccc4c4cc5c6c(c7ccccc7n6-c6cccc7c6B5c5ccccc5O7)c43)cc2)cc1. The Balaban J connectivity index is 1.32. The molecular weight excluding hydrogens is 559 g/mol. The van der Waals surface area contributed by atoms with Crippen molar-refractivity contribution in [2.45, 2.75) is 0 Å². The Bertz CT molecular complexity index is 2720. The molecule has 9 aromatic rings. The molecule has 0 unspecified atom stereocenters. The maximum absolute atomic E-state index is 6.57. The summed E-state index contributed by atoms with van der Waals surface area (Å²) in [7, 11) is 0. The van der Waals surface area contributed by atoms with E-state index in [1.165, 1.54) is 76.8 Å². The molecule has 0 radical (unpaired) electrons. The van der Waals surface area contributed by atoms with Gasteiger partial charge in [0, 0.05) is 32.9 Å². The largest absolute Gasteiger partial charge is 0.458 e. The number of aromatic nitrogens is 2. The smallest absolute Gasteiger partial charge is 0.256 e. The van der Waals surface area contributed by atoms with Gasteiger partial charge in [-0.1, -0.05) is 109 Å². The van der Waals surface area contributed by atoms with Crippen LogP contribution in [-0.2, 0) is 0 Å². The van der Waals surface area contributed by atoms with Crippen molar-refractivity contribution >= 4 is 66.7 Å². The Kier molecular flexibility index (Phi) is 4.66. The first-order chi connectivity index (χ1) is 22.8. The summed E-state index contributed by atoms with van der Waals surface area (Å²) in [5.41, 5.74) is 13.6. The van der Waals surface area contributed by atoms with Crippen LogP contribution in [0.15, 0.2) is 152 Å². The molecule has 2 aliphatic rings. The van der Waals surface area contributed by atoms with Crippen LogP contribution in [0.5, 0.6) is 11.5 Å². The summed E-state index contributed by atoms with van der Waals surface area (Å²) >= 11 is 0. The number of hydrogen-bond donors (Lipinski definition) is 0. The predicted octanol–water partition coefficient (Wildman–Crippen LogP) is 8.48. The maximum Gasteiger partial charge on any atom is 0.256 e. The molecule has 4 heteroatoms. The summed E-state index contributed by atoms with van der Waals surface area (Å²) in [6, 6.07) is 55.0. The van der Waals surface area contributed by atoms with Gasteiger partial charge in [-0.25, -0.2) is 0 Å². The van der Waals surface area contributed by atoms with Gasteiger partial charge in [0.05, 0.1) is 22.1 Å². The monoisotopic (exact) mass is 584 g/mol. The molecule has 0 atom stereocenters. The van der Waals surface area contributed by atoms with Crippen molar-refractivity contribution in [2.75, 3.05) is 0 Å². The zero-order valence-electron chi connectivity index (χ0n) is 24.8. The molecule has 0 N–H and O–H groups in total. The van der Waals surface area contributed by atoms with Crippen molar-refractivity contribution in [1.29, 1.82) is 0 Å². The van der Waals surface area contributed by atoms with E-state index in [0.29, 0.717) is 0 Å². The first kappa shape index (κ1) is 24.3. The molecule has 0 saturated carbocycles. The van der Waals surface area contributed by atoms with Crippen LogP contribution in [0.3, 0.4) is 0 Å². The van der Waals surface area contributed by atoms with E-state index in [2.05, 4.69) is 161 Å². The van der Waals surface area contributed by atoms with Crippen LogP contribution in [0.25, 0.3) is 66.1 Å². The van der Waals surface area contributed by atoms with Gasteiger partial charge in [-0.2, -0.15) is 0 Å². The predicted molar refractivity (Wildman–Crippen MR) is 192 cm³/mol. The molecule has 0 saturated heterocycles. The molecular formula is C42H25BN2O. The summed E-state index contributed by atoms with van der Waals surface area (Å²) in [5, 5.41) is 5.10. The lowest BCUT2D eigenvalue weighted by atomic mass is 9.34. The number of fused-ring (bicyclic) bond motifs is 11. The molecule has 0 fully saturated rings. The van der Waals surface area contributed by atoms with Gasteiger partial charge >= 0.3 is 0 Å². The molecule has 3 nitrogen and oxygen atoms in total. The van der Waals surface area contributed by atoms with E-state index in [9.17, 15) is 0 Å². The first-order valence-corrected chi connectivity index (χ1v) is 15.9. The normalized spacial score (nSPS) is 12.9. The minimum atomic E-state index is 0.0760. The molecule has 0 spiro atoms. The number of para-hydroxylation sites is 3. The molecule has 11 rings (SSSR count). The van der Waals surface area contributed by atoms with Gasteiger partial charge in [-0.05, 0) is 70.0 Å². The van der Waals surface area contributed by atoms with Crippen molar-refractivity contribution in [3.8, 4) is 34.0 Å². The third-order valence-electron chi connectivity index (χ3n) is 10.2. The number of nitrogens with zero attached hydrogens (tertiary/aromatic N) is 2. The van der Waals surface area contributed by atoms with E-state index in [1.54, 1.807) is 0 Å². The number of hydrogen-bond acceptors (Lipinski definition) is 1. The van der Waals surface area contributed by atoms with Crippen molar-refractivity contribution in [2.24, 2.45) is 0 Å². The molecule has 2 aliphatic heterocycles. The lowest BCUT2D eigenvalue weighted by molar-refractivity contribution is 0.487. The van der Waals surface area contributed by atoms with Crippen LogP contribution >= 0.6 is 0 Å². The molecule has 0 aliphatic carbocycles. The average molecular weight is 584 g/mol. The summed E-state index contributed by atoms with van der Waals surface area (Å²) in [6.07, 6.45) is 0. The molecule has 2 aromatic heterocycles.